The van der Waals surface area contributed by atoms with Gasteiger partial charge in [0.25, 0.3) is 5.91 Å². The summed E-state index contributed by atoms with van der Waals surface area (Å²) in [7, 11) is 0. The van der Waals surface area contributed by atoms with Crippen LogP contribution in [0.1, 0.15) is 69.4 Å². The standard InChI is InChI=1S/C23H32N2O3/c1-3-12-24-22(27)14-28-25-21-9-8-20-19-6-4-15-13-16(26)5-7-17(15)18(19)10-11-23(20,21)2/h5,7,13,18-20,26H,3-4,6,8-12,14H2,1-2H3,(H,24,27)/b25-21+/t18?,19?,20?,23-/m0/s1. The molecule has 0 aromatic heterocycles. The average Bonchev–Trinajstić information content (AvgIpc) is 3.02. The Morgan fingerprint density at radius 2 is 2.18 bits per heavy atom. The van der Waals surface area contributed by atoms with Crippen LogP contribution in [0.15, 0.2) is 23.4 Å². The van der Waals surface area contributed by atoms with Crippen LogP contribution in [0.25, 0.3) is 0 Å². The number of oxime groups is 1. The number of phenolic OH excluding ortho intramolecular Hbond substituents is 1. The Morgan fingerprint density at radius 3 is 3.00 bits per heavy atom. The van der Waals surface area contributed by atoms with Crippen LogP contribution in [0.4, 0.5) is 0 Å². The molecule has 5 heteroatoms. The van der Waals surface area contributed by atoms with Gasteiger partial charge >= 0.3 is 0 Å². The van der Waals surface area contributed by atoms with Crippen molar-refractivity contribution in [3.63, 3.8) is 0 Å². The van der Waals surface area contributed by atoms with E-state index >= 15 is 0 Å². The number of nitrogens with zero attached hydrogens (tertiary/aromatic N) is 1. The van der Waals surface area contributed by atoms with Gasteiger partial charge in [0.05, 0.1) is 5.71 Å². The number of rotatable bonds is 5. The maximum Gasteiger partial charge on any atom is 0.260 e. The van der Waals surface area contributed by atoms with Crippen molar-refractivity contribution in [1.82, 2.24) is 5.32 Å². The van der Waals surface area contributed by atoms with E-state index in [1.807, 2.05) is 19.1 Å². The van der Waals surface area contributed by atoms with Crippen molar-refractivity contribution in [2.75, 3.05) is 13.2 Å². The largest absolute Gasteiger partial charge is 0.508 e. The van der Waals surface area contributed by atoms with E-state index in [0.717, 1.165) is 44.2 Å². The van der Waals surface area contributed by atoms with Crippen LogP contribution in [0.3, 0.4) is 0 Å². The van der Waals surface area contributed by atoms with Gasteiger partial charge in [0.15, 0.2) is 6.61 Å². The van der Waals surface area contributed by atoms with Gasteiger partial charge in [-0.15, -0.1) is 0 Å². The minimum Gasteiger partial charge on any atom is -0.508 e. The van der Waals surface area contributed by atoms with Crippen LogP contribution in [-0.2, 0) is 16.1 Å². The van der Waals surface area contributed by atoms with E-state index in [1.54, 1.807) is 0 Å². The molecule has 0 bridgehead atoms. The lowest BCUT2D eigenvalue weighted by Gasteiger charge is -2.49. The predicted octanol–water partition coefficient (Wildman–Crippen LogP) is 4.15. The Morgan fingerprint density at radius 1 is 1.32 bits per heavy atom. The second-order valence-corrected chi connectivity index (χ2v) is 8.95. The summed E-state index contributed by atoms with van der Waals surface area (Å²) in [4.78, 5) is 17.2. The van der Waals surface area contributed by atoms with E-state index in [-0.39, 0.29) is 17.9 Å². The highest BCUT2D eigenvalue weighted by Gasteiger charge is 2.53. The first kappa shape index (κ1) is 19.3. The van der Waals surface area contributed by atoms with E-state index in [2.05, 4.69) is 23.5 Å². The van der Waals surface area contributed by atoms with E-state index in [1.165, 1.54) is 17.5 Å². The quantitative estimate of drug-likeness (QED) is 0.749. The molecule has 0 radical (unpaired) electrons. The number of hydrogen-bond donors (Lipinski definition) is 2. The first-order chi connectivity index (χ1) is 13.5. The molecular weight excluding hydrogens is 352 g/mol. The highest BCUT2D eigenvalue weighted by molar-refractivity contribution is 5.92. The molecule has 1 aromatic rings. The zero-order chi connectivity index (χ0) is 19.7. The fourth-order valence-electron chi connectivity index (χ4n) is 5.99. The van der Waals surface area contributed by atoms with Crippen molar-refractivity contribution < 1.29 is 14.7 Å². The van der Waals surface area contributed by atoms with Gasteiger partial charge in [0, 0.05) is 12.0 Å². The zero-order valence-corrected chi connectivity index (χ0v) is 17.0. The molecule has 0 heterocycles. The Bertz CT molecular complexity index is 775. The molecule has 5 nitrogen and oxygen atoms in total. The van der Waals surface area contributed by atoms with Crippen molar-refractivity contribution in [2.45, 2.75) is 64.7 Å². The van der Waals surface area contributed by atoms with Gasteiger partial charge in [0.2, 0.25) is 0 Å². The summed E-state index contributed by atoms with van der Waals surface area (Å²) in [5.41, 5.74) is 4.02. The topological polar surface area (TPSA) is 70.9 Å². The van der Waals surface area contributed by atoms with Gasteiger partial charge in [-0.2, -0.15) is 0 Å². The van der Waals surface area contributed by atoms with Gasteiger partial charge in [-0.05, 0) is 86.0 Å². The molecule has 1 aromatic carbocycles. The lowest BCUT2D eigenvalue weighted by Crippen LogP contribution is -2.42. The molecule has 4 atom stereocenters. The van der Waals surface area contributed by atoms with Crippen molar-refractivity contribution in [1.29, 1.82) is 0 Å². The first-order valence-electron chi connectivity index (χ1n) is 10.8. The number of carbonyl (C=O) groups excluding carboxylic acids is 1. The summed E-state index contributed by atoms with van der Waals surface area (Å²) in [6, 6.07) is 5.94. The smallest absolute Gasteiger partial charge is 0.260 e. The molecule has 152 valence electrons. The van der Waals surface area contributed by atoms with Crippen LogP contribution in [0.5, 0.6) is 5.75 Å². The van der Waals surface area contributed by atoms with Crippen molar-refractivity contribution >= 4 is 11.6 Å². The summed E-state index contributed by atoms with van der Waals surface area (Å²) in [5.74, 6) is 2.19. The molecule has 0 aliphatic heterocycles. The number of amides is 1. The Labute approximate surface area is 167 Å². The summed E-state index contributed by atoms with van der Waals surface area (Å²) in [5, 5.41) is 17.1. The van der Waals surface area contributed by atoms with Gasteiger partial charge in [-0.3, -0.25) is 4.79 Å². The number of nitrogens with one attached hydrogen (secondary N) is 1. The lowest BCUT2D eigenvalue weighted by atomic mass is 9.55. The zero-order valence-electron chi connectivity index (χ0n) is 17.0. The lowest BCUT2D eigenvalue weighted by molar-refractivity contribution is -0.125. The molecule has 0 spiro atoms. The second-order valence-electron chi connectivity index (χ2n) is 8.95. The van der Waals surface area contributed by atoms with E-state index in [4.69, 9.17) is 4.84 Å². The van der Waals surface area contributed by atoms with Gasteiger partial charge in [-0.1, -0.05) is 25.1 Å². The highest BCUT2D eigenvalue weighted by Crippen LogP contribution is 2.59. The van der Waals surface area contributed by atoms with E-state index in [0.29, 0.717) is 30.0 Å². The third kappa shape index (κ3) is 3.40. The monoisotopic (exact) mass is 384 g/mol. The minimum atomic E-state index is -0.0956. The van der Waals surface area contributed by atoms with Gasteiger partial charge in [-0.25, -0.2) is 0 Å². The van der Waals surface area contributed by atoms with Crippen LogP contribution in [0, 0.1) is 17.3 Å². The third-order valence-electron chi connectivity index (χ3n) is 7.39. The summed E-state index contributed by atoms with van der Waals surface area (Å²) < 4.78 is 0. The Balaban J connectivity index is 1.46. The summed E-state index contributed by atoms with van der Waals surface area (Å²) in [6.45, 7) is 5.07. The average molecular weight is 385 g/mol. The Hall–Kier alpha value is -2.04. The van der Waals surface area contributed by atoms with Crippen LogP contribution in [0.2, 0.25) is 0 Å². The number of benzene rings is 1. The number of phenols is 1. The molecule has 3 aliphatic carbocycles. The molecule has 2 saturated carbocycles. The van der Waals surface area contributed by atoms with E-state index < -0.39 is 0 Å². The number of carbonyl (C=O) groups is 1. The fourth-order valence-corrected chi connectivity index (χ4v) is 5.99. The van der Waals surface area contributed by atoms with Crippen LogP contribution in [-0.4, -0.2) is 29.9 Å². The molecule has 4 rings (SSSR count). The highest BCUT2D eigenvalue weighted by atomic mass is 16.6. The number of aromatic hydroxyl groups is 1. The summed E-state index contributed by atoms with van der Waals surface area (Å²) in [6.07, 6.45) is 7.58. The number of hydrogen-bond acceptors (Lipinski definition) is 4. The molecule has 2 N–H and O–H groups in total. The predicted molar refractivity (Wildman–Crippen MR) is 109 cm³/mol. The van der Waals surface area contributed by atoms with Crippen molar-refractivity contribution in [2.24, 2.45) is 22.4 Å². The maximum atomic E-state index is 11.7. The van der Waals surface area contributed by atoms with Gasteiger partial charge in [0.1, 0.15) is 5.75 Å². The molecular formula is C23H32N2O3. The van der Waals surface area contributed by atoms with E-state index in [9.17, 15) is 9.90 Å². The molecule has 0 saturated heterocycles. The Kier molecular flexibility index (Phi) is 5.35. The molecule has 28 heavy (non-hydrogen) atoms. The summed E-state index contributed by atoms with van der Waals surface area (Å²) >= 11 is 0. The number of aryl methyl sites for hydroxylation is 1. The molecule has 2 fully saturated rings. The molecule has 3 unspecified atom stereocenters. The fraction of sp³-hybridized carbons (Fsp3) is 0.652. The number of fused-ring (bicyclic) bond motifs is 5. The third-order valence-corrected chi connectivity index (χ3v) is 7.39. The van der Waals surface area contributed by atoms with Gasteiger partial charge < -0.3 is 15.3 Å². The SMILES string of the molecule is CCCNC(=O)CO/N=C1\CCC2C3CCc4cc(O)ccc4C3CC[C@]12C. The molecule has 1 amide bonds. The van der Waals surface area contributed by atoms with Crippen LogP contribution < -0.4 is 5.32 Å². The normalized spacial score (nSPS) is 32.4. The minimum absolute atomic E-state index is 0.00711. The van der Waals surface area contributed by atoms with Crippen molar-refractivity contribution in [3.8, 4) is 5.75 Å². The first-order valence-corrected chi connectivity index (χ1v) is 10.8. The van der Waals surface area contributed by atoms with Crippen LogP contribution >= 0.6 is 0 Å². The maximum absolute atomic E-state index is 11.7. The van der Waals surface area contributed by atoms with Crippen molar-refractivity contribution in [3.05, 3.63) is 29.3 Å². The molecule has 3 aliphatic rings. The second kappa shape index (κ2) is 7.76.